The minimum atomic E-state index is -5.17. The van der Waals surface area contributed by atoms with Crippen LogP contribution in [0.2, 0.25) is 0 Å². The average Bonchev–Trinajstić information content (AvgIpc) is 0.722. The van der Waals surface area contributed by atoms with E-state index >= 15 is 0 Å². The second-order valence-corrected chi connectivity index (χ2v) is 1.22. The minimum Gasteiger partial charge on any atom is -1.00 e. The zero-order valence-corrected chi connectivity index (χ0v) is 11.0. The van der Waals surface area contributed by atoms with Gasteiger partial charge in [-0.05, 0) is 0 Å². The molecule has 0 aliphatic heterocycles. The van der Waals surface area contributed by atoms with Crippen molar-refractivity contribution in [1.82, 2.24) is 0 Å². The normalized spacial score (nSPS) is 7.25. The molecule has 0 aliphatic rings. The van der Waals surface area contributed by atoms with Gasteiger partial charge in [0, 0.05) is 10.4 Å². The standard InChI is InChI=1S/Fe.HI.K.H2O4S/c;;;1-5(2,3)4/h;1H;;(H2,1,2,3,4)/q+2;;+1;/p-3. The van der Waals surface area contributed by atoms with Crippen molar-refractivity contribution < 1.29 is 110 Å². The largest absolute Gasteiger partial charge is 2.00 e. The van der Waals surface area contributed by atoms with Crippen molar-refractivity contribution in [3.05, 3.63) is 0 Å². The second-order valence-electron chi connectivity index (χ2n) is 0.408. The Morgan fingerprint density at radius 3 is 1.12 bits per heavy atom. The van der Waals surface area contributed by atoms with Gasteiger partial charge in [0.15, 0.2) is 0 Å². The molecule has 8 heteroatoms. The van der Waals surface area contributed by atoms with Gasteiger partial charge in [-0.15, -0.1) is 0 Å². The Bertz CT molecular complexity index is 99.2. The van der Waals surface area contributed by atoms with E-state index in [1.54, 1.807) is 0 Å². The zero-order chi connectivity index (χ0) is 4.50. The summed E-state index contributed by atoms with van der Waals surface area (Å²) in [6.07, 6.45) is 0. The molecule has 0 amide bonds. The smallest absolute Gasteiger partial charge is 1.00 e. The van der Waals surface area contributed by atoms with Crippen molar-refractivity contribution in [2.45, 2.75) is 0 Å². The molecule has 0 saturated carbocycles. The van der Waals surface area contributed by atoms with Crippen LogP contribution >= 0.6 is 0 Å². The fourth-order valence-electron chi connectivity index (χ4n) is 0. The summed E-state index contributed by atoms with van der Waals surface area (Å²) in [5, 5.41) is 0. The van der Waals surface area contributed by atoms with Gasteiger partial charge in [0.1, 0.15) is 0 Å². The SMILES string of the molecule is O=S(=O)([O-])[O-].[Fe+2].[I-].[K+]. The molecule has 0 heterocycles. The van der Waals surface area contributed by atoms with Gasteiger partial charge >= 0.3 is 68.5 Å². The summed E-state index contributed by atoms with van der Waals surface area (Å²) in [5.74, 6) is 0. The van der Waals surface area contributed by atoms with E-state index in [1.165, 1.54) is 0 Å². The summed E-state index contributed by atoms with van der Waals surface area (Å²) in [5.41, 5.74) is 0. The van der Waals surface area contributed by atoms with E-state index in [2.05, 4.69) is 0 Å². The first-order valence-corrected chi connectivity index (χ1v) is 2.00. The van der Waals surface area contributed by atoms with Crippen LogP contribution in [0.25, 0.3) is 0 Å². The maximum atomic E-state index is 8.52. The van der Waals surface area contributed by atoms with Crippen molar-refractivity contribution in [1.29, 1.82) is 0 Å². The van der Waals surface area contributed by atoms with E-state index < -0.39 is 10.4 Å². The molecule has 4 nitrogen and oxygen atoms in total. The van der Waals surface area contributed by atoms with E-state index in [-0.39, 0.29) is 92.4 Å². The summed E-state index contributed by atoms with van der Waals surface area (Å²) in [7, 11) is -5.17. The Morgan fingerprint density at radius 1 is 1.12 bits per heavy atom. The van der Waals surface area contributed by atoms with Crippen LogP contribution in [0.1, 0.15) is 0 Å². The van der Waals surface area contributed by atoms with Gasteiger partial charge in [0.25, 0.3) is 0 Å². The molecular weight excluding hydrogens is 318 g/mol. The fourth-order valence-corrected chi connectivity index (χ4v) is 0. The summed E-state index contributed by atoms with van der Waals surface area (Å²) in [4.78, 5) is 0. The zero-order valence-electron chi connectivity index (χ0n) is 3.77. The summed E-state index contributed by atoms with van der Waals surface area (Å²) in [6.45, 7) is 0. The van der Waals surface area contributed by atoms with Crippen molar-refractivity contribution in [2.24, 2.45) is 0 Å². The maximum absolute atomic E-state index is 8.52. The third-order valence-corrected chi connectivity index (χ3v) is 0. The molecule has 0 aromatic carbocycles. The molecule has 0 fully saturated rings. The fraction of sp³-hybridized carbons (Fsp3) is 0. The molecule has 0 N–H and O–H groups in total. The van der Waals surface area contributed by atoms with E-state index in [1.807, 2.05) is 0 Å². The Morgan fingerprint density at radius 2 is 1.12 bits per heavy atom. The first-order chi connectivity index (χ1) is 2.00. The van der Waals surface area contributed by atoms with Gasteiger partial charge < -0.3 is 33.1 Å². The van der Waals surface area contributed by atoms with Crippen LogP contribution in [0.15, 0.2) is 0 Å². The molecule has 0 rings (SSSR count). The first kappa shape index (κ1) is 22.4. The van der Waals surface area contributed by atoms with Gasteiger partial charge in [-0.2, -0.15) is 0 Å². The summed E-state index contributed by atoms with van der Waals surface area (Å²) >= 11 is 0. The van der Waals surface area contributed by atoms with Crippen LogP contribution in [0.4, 0.5) is 0 Å². The number of hydrogen-bond acceptors (Lipinski definition) is 4. The van der Waals surface area contributed by atoms with E-state index in [0.717, 1.165) is 0 Å². The average molecular weight is 318 g/mol. The minimum absolute atomic E-state index is 0. The molecule has 0 aliphatic carbocycles. The van der Waals surface area contributed by atoms with Gasteiger partial charge in [-0.3, -0.25) is 8.42 Å². The Kier molecular flexibility index (Phi) is 27.4. The molecule has 0 radical (unpaired) electrons. The predicted molar refractivity (Wildman–Crippen MR) is 10.5 cm³/mol. The van der Waals surface area contributed by atoms with Crippen LogP contribution in [0.5, 0.6) is 0 Å². The molecule has 0 bridgehead atoms. The third-order valence-electron chi connectivity index (χ3n) is 0. The third kappa shape index (κ3) is 69.4. The van der Waals surface area contributed by atoms with Crippen molar-refractivity contribution in [3.63, 3.8) is 0 Å². The molecular formula is FeIKO4S. The topological polar surface area (TPSA) is 80.3 Å². The number of rotatable bonds is 0. The molecule has 46 valence electrons. The predicted octanol–water partition coefficient (Wildman–Crippen LogP) is -7.33. The van der Waals surface area contributed by atoms with Crippen molar-refractivity contribution in [2.75, 3.05) is 0 Å². The summed E-state index contributed by atoms with van der Waals surface area (Å²) in [6, 6.07) is 0. The van der Waals surface area contributed by atoms with Gasteiger partial charge in [-0.25, -0.2) is 0 Å². The van der Waals surface area contributed by atoms with Gasteiger partial charge in [-0.1, -0.05) is 0 Å². The Balaban J connectivity index is -0.0000000267. The molecule has 8 heavy (non-hydrogen) atoms. The molecule has 0 unspecified atom stereocenters. The van der Waals surface area contributed by atoms with Crippen LogP contribution < -0.4 is 75.4 Å². The van der Waals surface area contributed by atoms with Crippen LogP contribution in [-0.4, -0.2) is 17.5 Å². The van der Waals surface area contributed by atoms with Gasteiger partial charge in [0.05, 0.1) is 0 Å². The van der Waals surface area contributed by atoms with Crippen LogP contribution in [0, 0.1) is 0 Å². The van der Waals surface area contributed by atoms with Gasteiger partial charge in [0.2, 0.25) is 0 Å². The molecule has 0 saturated heterocycles. The van der Waals surface area contributed by atoms with Crippen molar-refractivity contribution >= 4 is 10.4 Å². The number of hydrogen-bond donors (Lipinski definition) is 0. The molecule has 0 spiro atoms. The monoisotopic (exact) mass is 318 g/mol. The van der Waals surface area contributed by atoms with E-state index in [9.17, 15) is 0 Å². The maximum Gasteiger partial charge on any atom is 2.00 e. The Labute approximate surface area is 118 Å². The van der Waals surface area contributed by atoms with Crippen molar-refractivity contribution in [3.8, 4) is 0 Å². The number of halogens is 1. The quantitative estimate of drug-likeness (QED) is 0.192. The Hall–Kier alpha value is 2.76. The van der Waals surface area contributed by atoms with Crippen LogP contribution in [0.3, 0.4) is 0 Å². The molecule has 0 atom stereocenters. The summed E-state index contributed by atoms with van der Waals surface area (Å²) < 4.78 is 34.1. The van der Waals surface area contributed by atoms with E-state index in [0.29, 0.717) is 0 Å². The molecule has 0 aromatic heterocycles. The first-order valence-electron chi connectivity index (χ1n) is 0.667. The van der Waals surface area contributed by atoms with Crippen LogP contribution in [-0.2, 0) is 27.5 Å². The molecule has 0 aromatic rings. The van der Waals surface area contributed by atoms with E-state index in [4.69, 9.17) is 17.5 Å². The second kappa shape index (κ2) is 9.76.